The SMILES string of the molecule is CC(NC(=O)CNC(=O)C(Cc1c[nH]c2ccccc12)NC(=O)C(N)CCC(N)=O)C(=O)O. The van der Waals surface area contributed by atoms with Gasteiger partial charge in [0.05, 0.1) is 12.6 Å². The molecule has 0 saturated carbocycles. The van der Waals surface area contributed by atoms with E-state index in [9.17, 15) is 24.0 Å². The third kappa shape index (κ3) is 7.61. The molecular weight excluding hydrogens is 432 g/mol. The minimum Gasteiger partial charge on any atom is -0.480 e. The standard InChI is InChI=1S/C21H28N6O6/c1-11(21(32)33)26-18(29)10-25-20(31)16(27-19(30)14(22)6-7-17(23)28)8-12-9-24-15-5-3-2-4-13(12)15/h2-5,9,11,14,16,24H,6-8,10,22H2,1H3,(H2,23,28)(H,25,31)(H,26,29)(H,27,30)(H,32,33). The van der Waals surface area contributed by atoms with Crippen molar-refractivity contribution < 1.29 is 29.1 Å². The maximum Gasteiger partial charge on any atom is 0.325 e. The third-order valence-electron chi connectivity index (χ3n) is 4.94. The molecule has 2 aromatic rings. The molecule has 33 heavy (non-hydrogen) atoms. The van der Waals surface area contributed by atoms with Crippen molar-refractivity contribution in [2.45, 2.75) is 44.3 Å². The van der Waals surface area contributed by atoms with Gasteiger partial charge in [-0.15, -0.1) is 0 Å². The Balaban J connectivity index is 2.11. The van der Waals surface area contributed by atoms with E-state index in [4.69, 9.17) is 16.6 Å². The van der Waals surface area contributed by atoms with Gasteiger partial charge in [0, 0.05) is 29.9 Å². The molecule has 12 nitrogen and oxygen atoms in total. The van der Waals surface area contributed by atoms with Gasteiger partial charge in [-0.1, -0.05) is 18.2 Å². The van der Waals surface area contributed by atoms with E-state index in [1.807, 2.05) is 24.3 Å². The number of para-hydroxylation sites is 1. The molecule has 0 saturated heterocycles. The summed E-state index contributed by atoms with van der Waals surface area (Å²) in [5.41, 5.74) is 12.5. The highest BCUT2D eigenvalue weighted by molar-refractivity contribution is 5.93. The van der Waals surface area contributed by atoms with Crippen LogP contribution in [0.3, 0.4) is 0 Å². The molecule has 1 heterocycles. The highest BCUT2D eigenvalue weighted by Gasteiger charge is 2.26. The quantitative estimate of drug-likeness (QED) is 0.199. The van der Waals surface area contributed by atoms with E-state index in [0.717, 1.165) is 16.5 Å². The topological polar surface area (TPSA) is 210 Å². The van der Waals surface area contributed by atoms with Crippen molar-refractivity contribution in [2.24, 2.45) is 11.5 Å². The number of carboxylic acids is 1. The zero-order valence-electron chi connectivity index (χ0n) is 18.1. The number of fused-ring (bicyclic) bond motifs is 1. The number of hydrogen-bond acceptors (Lipinski definition) is 6. The summed E-state index contributed by atoms with van der Waals surface area (Å²) in [6, 6.07) is 4.14. The second-order valence-corrected chi connectivity index (χ2v) is 7.58. The normalized spacial score (nSPS) is 13.5. The summed E-state index contributed by atoms with van der Waals surface area (Å²) in [7, 11) is 0. The van der Waals surface area contributed by atoms with Crippen molar-refractivity contribution in [3.8, 4) is 0 Å². The Hall–Kier alpha value is -3.93. The average molecular weight is 460 g/mol. The zero-order valence-corrected chi connectivity index (χ0v) is 18.1. The maximum absolute atomic E-state index is 12.8. The van der Waals surface area contributed by atoms with Crippen LogP contribution >= 0.6 is 0 Å². The minimum atomic E-state index is -1.22. The van der Waals surface area contributed by atoms with Gasteiger partial charge in [-0.05, 0) is 25.0 Å². The zero-order chi connectivity index (χ0) is 24.5. The Morgan fingerprint density at radius 2 is 1.79 bits per heavy atom. The molecule has 0 fully saturated rings. The van der Waals surface area contributed by atoms with Gasteiger partial charge in [-0.2, -0.15) is 0 Å². The summed E-state index contributed by atoms with van der Waals surface area (Å²) >= 11 is 0. The molecule has 0 radical (unpaired) electrons. The van der Waals surface area contributed by atoms with Crippen molar-refractivity contribution in [1.82, 2.24) is 20.9 Å². The number of H-pyrrole nitrogens is 1. The highest BCUT2D eigenvalue weighted by atomic mass is 16.4. The van der Waals surface area contributed by atoms with Crippen molar-refractivity contribution >= 4 is 40.5 Å². The number of aromatic nitrogens is 1. The highest BCUT2D eigenvalue weighted by Crippen LogP contribution is 2.19. The Labute approximate surface area is 189 Å². The van der Waals surface area contributed by atoms with Gasteiger partial charge in [0.1, 0.15) is 12.1 Å². The van der Waals surface area contributed by atoms with Gasteiger partial charge in [0.2, 0.25) is 23.6 Å². The van der Waals surface area contributed by atoms with Crippen LogP contribution in [-0.4, -0.2) is 64.4 Å². The van der Waals surface area contributed by atoms with Crippen molar-refractivity contribution in [3.63, 3.8) is 0 Å². The molecule has 2 rings (SSSR count). The van der Waals surface area contributed by atoms with Gasteiger partial charge in [0.25, 0.3) is 0 Å². The lowest BCUT2D eigenvalue weighted by Gasteiger charge is -2.20. The molecule has 1 aromatic heterocycles. The number of nitrogens with two attached hydrogens (primary N) is 2. The number of hydrogen-bond donors (Lipinski definition) is 7. The molecule has 3 unspecified atom stereocenters. The molecule has 9 N–H and O–H groups in total. The summed E-state index contributed by atoms with van der Waals surface area (Å²) in [6.45, 7) is 0.806. The first-order chi connectivity index (χ1) is 15.6. The lowest BCUT2D eigenvalue weighted by molar-refractivity contribution is -0.141. The van der Waals surface area contributed by atoms with Gasteiger partial charge in [0.15, 0.2) is 0 Å². The molecule has 0 aliphatic carbocycles. The first kappa shape index (κ1) is 25.3. The van der Waals surface area contributed by atoms with Gasteiger partial charge < -0.3 is 37.5 Å². The third-order valence-corrected chi connectivity index (χ3v) is 4.94. The van der Waals surface area contributed by atoms with Gasteiger partial charge >= 0.3 is 5.97 Å². The average Bonchev–Trinajstić information content (AvgIpc) is 3.17. The maximum atomic E-state index is 12.8. The number of carboxylic acid groups (broad SMARTS) is 1. The summed E-state index contributed by atoms with van der Waals surface area (Å²) in [5, 5.41) is 16.9. The van der Waals surface area contributed by atoms with E-state index >= 15 is 0 Å². The van der Waals surface area contributed by atoms with Crippen molar-refractivity contribution in [3.05, 3.63) is 36.0 Å². The van der Waals surface area contributed by atoms with E-state index in [0.29, 0.717) is 0 Å². The molecular formula is C21H28N6O6. The monoisotopic (exact) mass is 460 g/mol. The van der Waals surface area contributed by atoms with Crippen LogP contribution in [0, 0.1) is 0 Å². The fourth-order valence-corrected chi connectivity index (χ4v) is 3.08. The number of rotatable bonds is 12. The summed E-state index contributed by atoms with van der Waals surface area (Å²) < 4.78 is 0. The Morgan fingerprint density at radius 3 is 2.45 bits per heavy atom. The Kier molecular flexibility index (Phi) is 8.92. The number of amides is 4. The summed E-state index contributed by atoms with van der Waals surface area (Å²) in [6.07, 6.45) is 1.73. The molecule has 0 aliphatic rings. The van der Waals surface area contributed by atoms with E-state index in [-0.39, 0.29) is 19.3 Å². The number of aromatic amines is 1. The predicted octanol–water partition coefficient (Wildman–Crippen LogP) is -1.51. The molecule has 3 atom stereocenters. The molecule has 0 bridgehead atoms. The number of carbonyl (C=O) groups is 5. The fraction of sp³-hybridized carbons (Fsp3) is 0.381. The minimum absolute atomic E-state index is 0.0120. The Morgan fingerprint density at radius 1 is 1.09 bits per heavy atom. The number of benzene rings is 1. The molecule has 1 aromatic carbocycles. The van der Waals surface area contributed by atoms with Crippen LogP contribution in [0.2, 0.25) is 0 Å². The molecule has 178 valence electrons. The van der Waals surface area contributed by atoms with Crippen LogP contribution in [0.5, 0.6) is 0 Å². The first-order valence-corrected chi connectivity index (χ1v) is 10.3. The largest absolute Gasteiger partial charge is 0.480 e. The number of primary amides is 1. The number of carbonyl (C=O) groups excluding carboxylic acids is 4. The predicted molar refractivity (Wildman–Crippen MR) is 119 cm³/mol. The van der Waals surface area contributed by atoms with Crippen LogP contribution in [0.25, 0.3) is 10.9 Å². The molecule has 4 amide bonds. The van der Waals surface area contributed by atoms with E-state index < -0.39 is 54.3 Å². The summed E-state index contributed by atoms with van der Waals surface area (Å²) in [5.74, 6) is -3.83. The van der Waals surface area contributed by atoms with Gasteiger partial charge in [-0.25, -0.2) is 0 Å². The number of nitrogens with one attached hydrogen (secondary N) is 4. The van der Waals surface area contributed by atoms with Crippen LogP contribution in [0.15, 0.2) is 30.5 Å². The lowest BCUT2D eigenvalue weighted by Crippen LogP contribution is -2.54. The van der Waals surface area contributed by atoms with Crippen molar-refractivity contribution in [2.75, 3.05) is 6.54 Å². The molecule has 12 heteroatoms. The van der Waals surface area contributed by atoms with Crippen LogP contribution in [0.4, 0.5) is 0 Å². The second kappa shape index (κ2) is 11.6. The number of aliphatic carboxylic acids is 1. The van der Waals surface area contributed by atoms with E-state index in [1.54, 1.807) is 6.20 Å². The first-order valence-electron chi connectivity index (χ1n) is 10.3. The molecule has 0 spiro atoms. The van der Waals surface area contributed by atoms with Gasteiger partial charge in [-0.3, -0.25) is 24.0 Å². The smallest absolute Gasteiger partial charge is 0.325 e. The fourth-order valence-electron chi connectivity index (χ4n) is 3.08. The van der Waals surface area contributed by atoms with E-state index in [1.165, 1.54) is 6.92 Å². The van der Waals surface area contributed by atoms with Crippen LogP contribution in [-0.2, 0) is 30.4 Å². The van der Waals surface area contributed by atoms with E-state index in [2.05, 4.69) is 20.9 Å². The second-order valence-electron chi connectivity index (χ2n) is 7.58. The van der Waals surface area contributed by atoms with Crippen molar-refractivity contribution in [1.29, 1.82) is 0 Å². The summed E-state index contributed by atoms with van der Waals surface area (Å²) in [4.78, 5) is 62.1. The van der Waals surface area contributed by atoms with Crippen LogP contribution < -0.4 is 27.4 Å². The Bertz CT molecular complexity index is 1040. The van der Waals surface area contributed by atoms with Crippen LogP contribution in [0.1, 0.15) is 25.3 Å². The molecule has 0 aliphatic heterocycles. The lowest BCUT2D eigenvalue weighted by atomic mass is 10.0.